The molecule has 0 saturated carbocycles. The quantitative estimate of drug-likeness (QED) is 0.607. The van der Waals surface area contributed by atoms with Gasteiger partial charge >= 0.3 is 6.61 Å². The van der Waals surface area contributed by atoms with Crippen LogP contribution in [0.4, 0.5) is 25.8 Å². The Morgan fingerprint density at radius 1 is 1.17 bits per heavy atom. The maximum absolute atomic E-state index is 12.0. The average molecular weight is 340 g/mol. The van der Waals surface area contributed by atoms with Crippen molar-refractivity contribution < 1.29 is 23.4 Å². The molecule has 0 aliphatic carbocycles. The molecule has 0 fully saturated rings. The lowest BCUT2D eigenvalue weighted by Crippen LogP contribution is -2.06. The Hall–Kier alpha value is -3.37. The highest BCUT2D eigenvalue weighted by Crippen LogP contribution is 2.29. The maximum atomic E-state index is 12.0. The van der Waals surface area contributed by atoms with E-state index in [0.29, 0.717) is 5.69 Å². The van der Waals surface area contributed by atoms with E-state index in [4.69, 9.17) is 0 Å². The Kier molecular flexibility index (Phi) is 5.14. The first-order chi connectivity index (χ1) is 11.4. The van der Waals surface area contributed by atoms with Crippen LogP contribution in [-0.2, 0) is 6.54 Å². The van der Waals surface area contributed by atoms with Gasteiger partial charge in [0, 0.05) is 6.07 Å². The molecule has 2 rings (SSSR count). The van der Waals surface area contributed by atoms with E-state index in [9.17, 15) is 29.0 Å². The third-order valence-corrected chi connectivity index (χ3v) is 2.87. The van der Waals surface area contributed by atoms with E-state index in [0.717, 1.165) is 18.3 Å². The molecule has 1 heterocycles. The molecule has 24 heavy (non-hydrogen) atoms. The fourth-order valence-corrected chi connectivity index (χ4v) is 1.81. The lowest BCUT2D eigenvalue weighted by atomic mass is 10.2. The topological polar surface area (TPSA) is 120 Å². The van der Waals surface area contributed by atoms with Crippen molar-refractivity contribution >= 4 is 17.1 Å². The SMILES string of the molecule is O=[N+]([O-])c1ccc(NCc2ccc(OC(F)F)cn2)c([N+](=O)[O-])c1. The number of nitro benzene ring substituents is 2. The standard InChI is InChI=1S/C13H10F2N4O5/c14-13(15)24-10-3-1-8(16-7-10)6-17-11-4-2-9(18(20)21)5-12(11)19(22)23/h1-5,7,13,17H,6H2. The van der Waals surface area contributed by atoms with Gasteiger partial charge in [0.25, 0.3) is 11.4 Å². The number of hydrogen-bond donors (Lipinski definition) is 1. The number of aromatic nitrogens is 1. The van der Waals surface area contributed by atoms with Crippen LogP contribution < -0.4 is 10.1 Å². The largest absolute Gasteiger partial charge is 0.433 e. The van der Waals surface area contributed by atoms with Crippen molar-refractivity contribution in [2.75, 3.05) is 5.32 Å². The Balaban J connectivity index is 2.11. The molecule has 2 aromatic rings. The van der Waals surface area contributed by atoms with Crippen molar-refractivity contribution in [2.24, 2.45) is 0 Å². The summed E-state index contributed by atoms with van der Waals surface area (Å²) in [5.74, 6) is -0.116. The minimum Gasteiger partial charge on any atom is -0.433 e. The van der Waals surface area contributed by atoms with E-state index in [1.54, 1.807) is 0 Å². The molecule has 0 aliphatic heterocycles. The van der Waals surface area contributed by atoms with Gasteiger partial charge < -0.3 is 10.1 Å². The van der Waals surface area contributed by atoms with E-state index in [2.05, 4.69) is 15.0 Å². The van der Waals surface area contributed by atoms with Gasteiger partial charge in [-0.25, -0.2) is 0 Å². The van der Waals surface area contributed by atoms with Gasteiger partial charge in [0.2, 0.25) is 0 Å². The van der Waals surface area contributed by atoms with Crippen LogP contribution in [0.3, 0.4) is 0 Å². The number of halogens is 2. The number of alkyl halides is 2. The highest BCUT2D eigenvalue weighted by atomic mass is 19.3. The fourth-order valence-electron chi connectivity index (χ4n) is 1.81. The third-order valence-electron chi connectivity index (χ3n) is 2.87. The summed E-state index contributed by atoms with van der Waals surface area (Å²) in [6.45, 7) is -2.91. The van der Waals surface area contributed by atoms with Crippen molar-refractivity contribution in [1.29, 1.82) is 0 Å². The molecule has 9 nitrogen and oxygen atoms in total. The lowest BCUT2D eigenvalue weighted by molar-refractivity contribution is -0.393. The Labute approximate surface area is 133 Å². The third kappa shape index (κ3) is 4.32. The molecule has 0 spiro atoms. The first kappa shape index (κ1) is 17.0. The Morgan fingerprint density at radius 2 is 1.92 bits per heavy atom. The van der Waals surface area contributed by atoms with Crippen LogP contribution in [0.1, 0.15) is 5.69 Å². The van der Waals surface area contributed by atoms with Crippen LogP contribution >= 0.6 is 0 Å². The minimum atomic E-state index is -2.96. The number of pyridine rings is 1. The van der Waals surface area contributed by atoms with Gasteiger partial charge in [-0.2, -0.15) is 8.78 Å². The van der Waals surface area contributed by atoms with Crippen LogP contribution in [-0.4, -0.2) is 21.4 Å². The number of anilines is 1. The zero-order chi connectivity index (χ0) is 17.7. The molecule has 0 amide bonds. The number of rotatable bonds is 7. The molecule has 0 atom stereocenters. The van der Waals surface area contributed by atoms with E-state index < -0.39 is 27.8 Å². The van der Waals surface area contributed by atoms with Gasteiger partial charge in [0.1, 0.15) is 11.4 Å². The van der Waals surface area contributed by atoms with Crippen LogP contribution in [0, 0.1) is 20.2 Å². The number of nitrogens with one attached hydrogen (secondary N) is 1. The first-order valence-corrected chi connectivity index (χ1v) is 6.43. The summed E-state index contributed by atoms with van der Waals surface area (Å²) >= 11 is 0. The summed E-state index contributed by atoms with van der Waals surface area (Å²) in [5, 5.41) is 24.4. The van der Waals surface area contributed by atoms with Gasteiger partial charge in [-0.15, -0.1) is 0 Å². The van der Waals surface area contributed by atoms with Crippen LogP contribution in [0.15, 0.2) is 36.5 Å². The summed E-state index contributed by atoms with van der Waals surface area (Å²) in [5.41, 5.74) is -0.384. The van der Waals surface area contributed by atoms with E-state index in [-0.39, 0.29) is 18.0 Å². The zero-order valence-electron chi connectivity index (χ0n) is 11.9. The molecule has 0 aliphatic rings. The monoisotopic (exact) mass is 340 g/mol. The Morgan fingerprint density at radius 3 is 2.46 bits per heavy atom. The summed E-state index contributed by atoms with van der Waals surface area (Å²) < 4.78 is 28.2. The van der Waals surface area contributed by atoms with Crippen molar-refractivity contribution in [3.63, 3.8) is 0 Å². The summed E-state index contributed by atoms with van der Waals surface area (Å²) in [7, 11) is 0. The normalized spacial score (nSPS) is 10.5. The molecule has 1 aromatic carbocycles. The predicted octanol–water partition coefficient (Wildman–Crippen LogP) is 3.11. The second-order valence-corrected chi connectivity index (χ2v) is 4.43. The fraction of sp³-hybridized carbons (Fsp3) is 0.154. The predicted molar refractivity (Wildman–Crippen MR) is 77.9 cm³/mol. The molecule has 1 N–H and O–H groups in total. The molecule has 0 radical (unpaired) electrons. The highest BCUT2D eigenvalue weighted by molar-refractivity contribution is 5.65. The molecule has 1 aromatic heterocycles. The Bertz CT molecular complexity index is 755. The van der Waals surface area contributed by atoms with E-state index in [1.165, 1.54) is 18.2 Å². The van der Waals surface area contributed by atoms with E-state index >= 15 is 0 Å². The number of nitrogens with zero attached hydrogens (tertiary/aromatic N) is 3. The smallest absolute Gasteiger partial charge is 0.387 e. The summed E-state index contributed by atoms with van der Waals surface area (Å²) in [6.07, 6.45) is 1.09. The second-order valence-electron chi connectivity index (χ2n) is 4.43. The highest BCUT2D eigenvalue weighted by Gasteiger charge is 2.19. The molecule has 0 unspecified atom stereocenters. The summed E-state index contributed by atoms with van der Waals surface area (Å²) in [4.78, 5) is 24.0. The minimum absolute atomic E-state index is 0.0492. The molecule has 11 heteroatoms. The second kappa shape index (κ2) is 7.26. The van der Waals surface area contributed by atoms with Crippen LogP contribution in [0.5, 0.6) is 5.75 Å². The molecular weight excluding hydrogens is 330 g/mol. The van der Waals surface area contributed by atoms with Gasteiger partial charge in [-0.3, -0.25) is 25.2 Å². The van der Waals surface area contributed by atoms with Crippen LogP contribution in [0.2, 0.25) is 0 Å². The molecule has 126 valence electrons. The van der Waals surface area contributed by atoms with Gasteiger partial charge in [-0.1, -0.05) is 0 Å². The van der Waals surface area contributed by atoms with Gasteiger partial charge in [-0.05, 0) is 18.2 Å². The first-order valence-electron chi connectivity index (χ1n) is 6.43. The maximum Gasteiger partial charge on any atom is 0.387 e. The average Bonchev–Trinajstić information content (AvgIpc) is 2.53. The van der Waals surface area contributed by atoms with E-state index in [1.807, 2.05) is 0 Å². The number of hydrogen-bond acceptors (Lipinski definition) is 7. The van der Waals surface area contributed by atoms with Crippen molar-refractivity contribution in [3.8, 4) is 5.75 Å². The summed E-state index contributed by atoms with van der Waals surface area (Å²) in [6, 6.07) is 5.87. The number of ether oxygens (including phenoxy) is 1. The van der Waals surface area contributed by atoms with Crippen molar-refractivity contribution in [1.82, 2.24) is 4.98 Å². The zero-order valence-corrected chi connectivity index (χ0v) is 11.9. The van der Waals surface area contributed by atoms with Gasteiger partial charge in [0.05, 0.1) is 34.3 Å². The van der Waals surface area contributed by atoms with Crippen molar-refractivity contribution in [2.45, 2.75) is 13.2 Å². The lowest BCUT2D eigenvalue weighted by Gasteiger charge is -2.08. The number of non-ortho nitro benzene ring substituents is 1. The van der Waals surface area contributed by atoms with Crippen molar-refractivity contribution in [3.05, 3.63) is 62.5 Å². The number of benzene rings is 1. The molecular formula is C13H10F2N4O5. The van der Waals surface area contributed by atoms with Crippen LogP contribution in [0.25, 0.3) is 0 Å². The van der Waals surface area contributed by atoms with Gasteiger partial charge in [0.15, 0.2) is 0 Å². The molecule has 0 saturated heterocycles. The molecule has 0 bridgehead atoms. The number of nitro groups is 2.